The summed E-state index contributed by atoms with van der Waals surface area (Å²) in [6, 6.07) is -1.08. The van der Waals surface area contributed by atoms with Gasteiger partial charge in [0.1, 0.15) is 0 Å². The summed E-state index contributed by atoms with van der Waals surface area (Å²) in [5.74, 6) is -0.943. The number of hydrogen-bond donors (Lipinski definition) is 2. The molecule has 0 bridgehead atoms. The highest BCUT2D eigenvalue weighted by Gasteiger charge is 2.48. The lowest BCUT2D eigenvalue weighted by Crippen LogP contribution is -2.63. The molecule has 114 valence electrons. The number of thioether (sulfide) groups is 1. The van der Waals surface area contributed by atoms with Gasteiger partial charge in [0.15, 0.2) is 17.4 Å². The fourth-order valence-corrected chi connectivity index (χ4v) is 3.18. The van der Waals surface area contributed by atoms with Crippen molar-refractivity contribution in [3.63, 3.8) is 0 Å². The summed E-state index contributed by atoms with van der Waals surface area (Å²) in [6.45, 7) is 4.05. The Hall–Kier alpha value is -2.03. The van der Waals surface area contributed by atoms with E-state index < -0.39 is 30.1 Å². The number of nitrogens with zero attached hydrogens (tertiary/aromatic N) is 3. The topological polar surface area (TPSA) is 102 Å². The molecule has 21 heavy (non-hydrogen) atoms. The summed E-state index contributed by atoms with van der Waals surface area (Å²) in [7, 11) is 1.57. The molecule has 0 aromatic heterocycles. The molecule has 2 heterocycles. The van der Waals surface area contributed by atoms with Gasteiger partial charge < -0.3 is 14.9 Å². The third kappa shape index (κ3) is 3.02. The van der Waals surface area contributed by atoms with E-state index in [1.54, 1.807) is 18.0 Å². The Labute approximate surface area is 125 Å². The second-order valence-corrected chi connectivity index (χ2v) is 5.67. The van der Waals surface area contributed by atoms with Gasteiger partial charge in [0.25, 0.3) is 5.91 Å². The van der Waals surface area contributed by atoms with Gasteiger partial charge >= 0.3 is 12.0 Å². The number of carbonyl (C=O) groups is 3. The van der Waals surface area contributed by atoms with Crippen molar-refractivity contribution in [3.05, 3.63) is 12.7 Å². The van der Waals surface area contributed by atoms with E-state index in [0.717, 1.165) is 0 Å². The van der Waals surface area contributed by atoms with Crippen LogP contribution in [-0.2, 0) is 9.59 Å². The average Bonchev–Trinajstić information content (AvgIpc) is 2.76. The van der Waals surface area contributed by atoms with E-state index in [1.807, 2.05) is 0 Å². The minimum atomic E-state index is -0.890. The van der Waals surface area contributed by atoms with Crippen LogP contribution in [0.15, 0.2) is 17.6 Å². The highest BCUT2D eigenvalue weighted by Crippen LogP contribution is 2.28. The molecule has 0 aromatic rings. The number of urea groups is 1. The number of rotatable bonds is 5. The maximum absolute atomic E-state index is 12.0. The lowest BCUT2D eigenvalue weighted by Gasteiger charge is -2.35. The van der Waals surface area contributed by atoms with Crippen LogP contribution in [0.1, 0.15) is 6.42 Å². The SMILES string of the molecule is C=CCN1C(SCCC(=O)O)=NC2C1C(=O)NC(=O)N2C. The van der Waals surface area contributed by atoms with Crippen LogP contribution in [0.2, 0.25) is 0 Å². The minimum absolute atomic E-state index is 0.00190. The van der Waals surface area contributed by atoms with Crippen molar-refractivity contribution in [2.45, 2.75) is 18.6 Å². The Morgan fingerprint density at radius 1 is 1.57 bits per heavy atom. The predicted octanol–water partition coefficient (Wildman–Crippen LogP) is -0.0718. The molecule has 8 nitrogen and oxygen atoms in total. The predicted molar refractivity (Wildman–Crippen MR) is 77.9 cm³/mol. The lowest BCUT2D eigenvalue weighted by atomic mass is 10.1. The highest BCUT2D eigenvalue weighted by molar-refractivity contribution is 8.13. The van der Waals surface area contributed by atoms with Gasteiger partial charge in [0, 0.05) is 19.3 Å². The lowest BCUT2D eigenvalue weighted by molar-refractivity contribution is -0.136. The van der Waals surface area contributed by atoms with Gasteiger partial charge in [-0.15, -0.1) is 6.58 Å². The summed E-state index contributed by atoms with van der Waals surface area (Å²) >= 11 is 1.26. The average molecular weight is 312 g/mol. The second-order valence-electron chi connectivity index (χ2n) is 4.61. The van der Waals surface area contributed by atoms with E-state index in [0.29, 0.717) is 17.5 Å². The summed E-state index contributed by atoms with van der Waals surface area (Å²) in [6.07, 6.45) is 1.06. The van der Waals surface area contributed by atoms with Crippen LogP contribution < -0.4 is 5.32 Å². The number of aliphatic imine (C=N–C) groups is 1. The monoisotopic (exact) mass is 312 g/mol. The van der Waals surface area contributed by atoms with Gasteiger partial charge in [-0.05, 0) is 0 Å². The van der Waals surface area contributed by atoms with Crippen LogP contribution in [0.5, 0.6) is 0 Å². The van der Waals surface area contributed by atoms with Gasteiger partial charge in [-0.2, -0.15) is 0 Å². The molecule has 2 N–H and O–H groups in total. The van der Waals surface area contributed by atoms with Crippen molar-refractivity contribution < 1.29 is 19.5 Å². The minimum Gasteiger partial charge on any atom is -0.481 e. The molecule has 0 saturated carbocycles. The number of imide groups is 1. The second kappa shape index (κ2) is 6.17. The van der Waals surface area contributed by atoms with Crippen molar-refractivity contribution in [1.29, 1.82) is 0 Å². The van der Waals surface area contributed by atoms with E-state index in [-0.39, 0.29) is 6.42 Å². The zero-order chi connectivity index (χ0) is 15.6. The summed E-state index contributed by atoms with van der Waals surface area (Å²) < 4.78 is 0. The number of hydrogen-bond acceptors (Lipinski definition) is 6. The van der Waals surface area contributed by atoms with Gasteiger partial charge in [-0.1, -0.05) is 17.8 Å². The van der Waals surface area contributed by atoms with E-state index in [2.05, 4.69) is 16.9 Å². The Balaban J connectivity index is 2.17. The Kier molecular flexibility index (Phi) is 4.51. The number of amidine groups is 1. The number of likely N-dealkylation sites (N-methyl/N-ethyl adjacent to an activating group) is 1. The fraction of sp³-hybridized carbons (Fsp3) is 0.500. The van der Waals surface area contributed by atoms with Gasteiger partial charge in [-0.3, -0.25) is 14.9 Å². The van der Waals surface area contributed by atoms with Gasteiger partial charge in [-0.25, -0.2) is 9.79 Å². The molecule has 1 fully saturated rings. The quantitative estimate of drug-likeness (QED) is 0.689. The van der Waals surface area contributed by atoms with Crippen molar-refractivity contribution in [3.8, 4) is 0 Å². The Morgan fingerprint density at radius 2 is 2.29 bits per heavy atom. The molecule has 0 aromatic carbocycles. The number of carboxylic acid groups (broad SMARTS) is 1. The first-order valence-corrected chi connectivity index (χ1v) is 7.32. The molecule has 1 saturated heterocycles. The van der Waals surface area contributed by atoms with Crippen LogP contribution >= 0.6 is 11.8 Å². The van der Waals surface area contributed by atoms with Crippen molar-refractivity contribution in [2.24, 2.45) is 4.99 Å². The Bertz CT molecular complexity index is 521. The molecule has 9 heteroatoms. The molecule has 0 radical (unpaired) electrons. The maximum Gasteiger partial charge on any atom is 0.325 e. The van der Waals surface area contributed by atoms with E-state index >= 15 is 0 Å². The number of nitrogens with one attached hydrogen (secondary N) is 1. The summed E-state index contributed by atoms with van der Waals surface area (Å²) in [5.41, 5.74) is 0. The van der Waals surface area contributed by atoms with E-state index in [9.17, 15) is 14.4 Å². The third-order valence-corrected chi connectivity index (χ3v) is 4.20. The molecule has 2 unspecified atom stereocenters. The van der Waals surface area contributed by atoms with Crippen molar-refractivity contribution >= 4 is 34.8 Å². The smallest absolute Gasteiger partial charge is 0.325 e. The largest absolute Gasteiger partial charge is 0.481 e. The van der Waals surface area contributed by atoms with E-state index in [4.69, 9.17) is 5.11 Å². The van der Waals surface area contributed by atoms with Gasteiger partial charge in [0.2, 0.25) is 0 Å². The third-order valence-electron chi connectivity index (χ3n) is 3.20. The maximum atomic E-state index is 12.0. The number of fused-ring (bicyclic) bond motifs is 1. The number of carboxylic acids is 1. The molecule has 0 spiro atoms. The zero-order valence-corrected chi connectivity index (χ0v) is 12.3. The Morgan fingerprint density at radius 3 is 2.90 bits per heavy atom. The van der Waals surface area contributed by atoms with Crippen LogP contribution in [0, 0.1) is 0 Å². The number of aliphatic carboxylic acids is 1. The van der Waals surface area contributed by atoms with E-state index in [1.165, 1.54) is 16.7 Å². The van der Waals surface area contributed by atoms with Crippen LogP contribution in [0.25, 0.3) is 0 Å². The fourth-order valence-electron chi connectivity index (χ4n) is 2.18. The highest BCUT2D eigenvalue weighted by atomic mass is 32.2. The molecule has 2 atom stereocenters. The molecular weight excluding hydrogens is 296 g/mol. The standard InChI is InChI=1S/C12H16N4O4S/c1-3-5-16-8-9(15(2)11(20)14-10(8)19)13-12(16)21-6-4-7(17)18/h3,8-9H,1,4-6H2,2H3,(H,17,18)(H,14,19,20). The molecule has 0 aliphatic carbocycles. The van der Waals surface area contributed by atoms with Crippen LogP contribution in [0.4, 0.5) is 4.79 Å². The van der Waals surface area contributed by atoms with Crippen LogP contribution in [-0.4, -0.2) is 69.5 Å². The van der Waals surface area contributed by atoms with Crippen molar-refractivity contribution in [2.75, 3.05) is 19.3 Å². The van der Waals surface area contributed by atoms with Crippen molar-refractivity contribution in [1.82, 2.24) is 15.1 Å². The molecule has 3 amide bonds. The summed E-state index contributed by atoms with van der Waals surface area (Å²) in [4.78, 5) is 41.7. The van der Waals surface area contributed by atoms with Gasteiger partial charge in [0.05, 0.1) is 6.42 Å². The number of amides is 3. The molecule has 2 aliphatic heterocycles. The molecule has 2 aliphatic rings. The molecule has 2 rings (SSSR count). The first-order chi connectivity index (χ1) is 9.95. The first kappa shape index (κ1) is 15.4. The summed E-state index contributed by atoms with van der Waals surface area (Å²) in [5, 5.41) is 11.5. The van der Waals surface area contributed by atoms with Crippen LogP contribution in [0.3, 0.4) is 0 Å². The molecular formula is C12H16N4O4S. The normalized spacial score (nSPS) is 24.5. The zero-order valence-electron chi connectivity index (χ0n) is 11.5. The first-order valence-electron chi connectivity index (χ1n) is 6.33. The number of carbonyl (C=O) groups excluding carboxylic acids is 2.